The highest BCUT2D eigenvalue weighted by molar-refractivity contribution is 8.10. The zero-order valence-corrected chi connectivity index (χ0v) is 18.8. The van der Waals surface area contributed by atoms with Gasteiger partial charge in [-0.05, 0) is 75.2 Å². The lowest BCUT2D eigenvalue weighted by Gasteiger charge is -2.25. The summed E-state index contributed by atoms with van der Waals surface area (Å²) in [5, 5.41) is 10.1. The van der Waals surface area contributed by atoms with Crippen molar-refractivity contribution >= 4 is 25.7 Å². The van der Waals surface area contributed by atoms with Crippen molar-refractivity contribution in [3.05, 3.63) is 82.9 Å². The Morgan fingerprint density at radius 2 is 0.967 bits per heavy atom. The topological polar surface area (TPSA) is 91.8 Å². The minimum atomic E-state index is -4.47. The third-order valence-electron chi connectivity index (χ3n) is 4.76. The van der Waals surface area contributed by atoms with E-state index in [-0.39, 0.29) is 21.2 Å². The summed E-state index contributed by atoms with van der Waals surface area (Å²) in [7, 11) is -8.94. The number of phenols is 1. The maximum atomic E-state index is 13.5. The van der Waals surface area contributed by atoms with Crippen LogP contribution in [0.3, 0.4) is 0 Å². The van der Waals surface area contributed by atoms with Gasteiger partial charge in [-0.25, -0.2) is 16.8 Å². The molecule has 0 aliphatic heterocycles. The average molecular weight is 446 g/mol. The second-order valence-corrected chi connectivity index (χ2v) is 11.1. The van der Waals surface area contributed by atoms with Gasteiger partial charge in [0.2, 0.25) is 0 Å². The summed E-state index contributed by atoms with van der Waals surface area (Å²) >= 11 is 0. The molecule has 1 N–H and O–H groups in total. The Labute approximate surface area is 177 Å². The molecule has 3 rings (SSSR count). The molecule has 0 fully saturated rings. The van der Waals surface area contributed by atoms with Gasteiger partial charge >= 0.3 is 0 Å². The number of phenolic OH excluding ortho intramolecular Hbond substituents is 1. The molecule has 0 saturated heterocycles. The van der Waals surface area contributed by atoms with Crippen LogP contribution in [-0.2, 0) is 20.0 Å². The van der Waals surface area contributed by atoms with Crippen molar-refractivity contribution in [1.29, 1.82) is 0 Å². The van der Waals surface area contributed by atoms with E-state index in [1.165, 1.54) is 36.4 Å². The summed E-state index contributed by atoms with van der Waals surface area (Å²) in [5.41, 5.74) is 2.36. The highest BCUT2D eigenvalue weighted by Gasteiger charge is 2.37. The number of hydrogen-bond donors (Lipinski definition) is 1. The van der Waals surface area contributed by atoms with E-state index in [0.29, 0.717) is 14.8 Å². The third-order valence-corrected chi connectivity index (χ3v) is 8.97. The number of hydrogen-bond acceptors (Lipinski definition) is 5. The number of anilines is 1. The van der Waals surface area contributed by atoms with E-state index in [0.717, 1.165) is 11.1 Å². The van der Waals surface area contributed by atoms with Gasteiger partial charge in [0.05, 0.1) is 15.5 Å². The van der Waals surface area contributed by atoms with E-state index in [1.807, 2.05) is 13.8 Å². The van der Waals surface area contributed by atoms with E-state index in [2.05, 4.69) is 0 Å². The van der Waals surface area contributed by atoms with Crippen LogP contribution in [0.15, 0.2) is 70.5 Å². The Balaban J connectivity index is 2.32. The average Bonchev–Trinajstić information content (AvgIpc) is 2.66. The zero-order valence-electron chi connectivity index (χ0n) is 17.1. The molecule has 6 nitrogen and oxygen atoms in total. The monoisotopic (exact) mass is 445 g/mol. The lowest BCUT2D eigenvalue weighted by atomic mass is 10.1. The number of aryl methyl sites for hydroxylation is 4. The maximum Gasteiger partial charge on any atom is 0.277 e. The normalized spacial score (nSPS) is 12.0. The molecule has 0 unspecified atom stereocenters. The van der Waals surface area contributed by atoms with Gasteiger partial charge in [0.25, 0.3) is 20.0 Å². The van der Waals surface area contributed by atoms with E-state index in [4.69, 9.17) is 0 Å². The molecule has 0 aliphatic carbocycles. The van der Waals surface area contributed by atoms with Crippen LogP contribution in [-0.4, -0.2) is 21.9 Å². The molecule has 0 atom stereocenters. The molecule has 0 spiro atoms. The quantitative estimate of drug-likeness (QED) is 0.635. The van der Waals surface area contributed by atoms with Crippen molar-refractivity contribution in [2.24, 2.45) is 0 Å². The molecular weight excluding hydrogens is 422 g/mol. The predicted molar refractivity (Wildman–Crippen MR) is 117 cm³/mol. The Morgan fingerprint density at radius 1 is 0.633 bits per heavy atom. The number of aromatic hydroxyl groups is 1. The lowest BCUT2D eigenvalue weighted by molar-refractivity contribution is 0.467. The molecule has 8 heteroatoms. The Bertz CT molecular complexity index is 1200. The van der Waals surface area contributed by atoms with Crippen molar-refractivity contribution in [2.75, 3.05) is 3.71 Å². The fraction of sp³-hybridized carbons (Fsp3) is 0.182. The van der Waals surface area contributed by atoms with Gasteiger partial charge < -0.3 is 5.11 Å². The van der Waals surface area contributed by atoms with Gasteiger partial charge in [0.1, 0.15) is 5.75 Å². The summed E-state index contributed by atoms with van der Waals surface area (Å²) in [6.45, 7) is 6.79. The van der Waals surface area contributed by atoms with Crippen LogP contribution in [0.4, 0.5) is 5.69 Å². The number of nitrogens with zero attached hydrogens (tertiary/aromatic N) is 1. The second-order valence-electron chi connectivity index (χ2n) is 7.26. The standard InChI is InChI=1S/C22H23NO5S2/c1-15-5-9-20(10-6-15)29(25,26)23(19-13-17(3)22(24)18(4)14-19)30(27,28)21-11-7-16(2)8-12-21/h5-14,24H,1-4H3. The molecule has 0 radical (unpaired) electrons. The summed E-state index contributed by atoms with van der Waals surface area (Å²) in [6, 6.07) is 14.6. The molecule has 158 valence electrons. The number of sulfonamides is 2. The van der Waals surface area contributed by atoms with Gasteiger partial charge in [0.15, 0.2) is 0 Å². The number of rotatable bonds is 5. The van der Waals surface area contributed by atoms with Crippen LogP contribution >= 0.6 is 0 Å². The SMILES string of the molecule is Cc1ccc(S(=O)(=O)N(c2cc(C)c(O)c(C)c2)S(=O)(=O)c2ccc(C)cc2)cc1. The van der Waals surface area contributed by atoms with Gasteiger partial charge in [0, 0.05) is 0 Å². The van der Waals surface area contributed by atoms with Gasteiger partial charge in [-0.1, -0.05) is 35.4 Å². The van der Waals surface area contributed by atoms with E-state index >= 15 is 0 Å². The molecular formula is C22H23NO5S2. The summed E-state index contributed by atoms with van der Waals surface area (Å²) < 4.78 is 54.5. The van der Waals surface area contributed by atoms with E-state index in [1.54, 1.807) is 38.1 Å². The predicted octanol–water partition coefficient (Wildman–Crippen LogP) is 4.21. The first-order valence-corrected chi connectivity index (χ1v) is 12.1. The Kier molecular flexibility index (Phi) is 5.66. The van der Waals surface area contributed by atoms with E-state index in [9.17, 15) is 21.9 Å². The summed E-state index contributed by atoms with van der Waals surface area (Å²) in [4.78, 5) is -0.292. The minimum absolute atomic E-state index is 0.0147. The minimum Gasteiger partial charge on any atom is -0.507 e. The molecule has 3 aromatic carbocycles. The smallest absolute Gasteiger partial charge is 0.277 e. The van der Waals surface area contributed by atoms with Gasteiger partial charge in [-0.3, -0.25) is 0 Å². The largest absolute Gasteiger partial charge is 0.507 e. The first-order chi connectivity index (χ1) is 13.9. The van der Waals surface area contributed by atoms with Crippen LogP contribution in [0.1, 0.15) is 22.3 Å². The zero-order chi connectivity index (χ0) is 22.3. The van der Waals surface area contributed by atoms with Crippen molar-refractivity contribution in [3.8, 4) is 5.75 Å². The number of benzene rings is 3. The Morgan fingerprint density at radius 3 is 1.30 bits per heavy atom. The van der Waals surface area contributed by atoms with Crippen molar-refractivity contribution in [2.45, 2.75) is 37.5 Å². The van der Waals surface area contributed by atoms with Crippen LogP contribution in [0.2, 0.25) is 0 Å². The highest BCUT2D eigenvalue weighted by atomic mass is 32.3. The van der Waals surface area contributed by atoms with Crippen LogP contribution in [0.5, 0.6) is 5.75 Å². The van der Waals surface area contributed by atoms with Crippen LogP contribution in [0, 0.1) is 27.7 Å². The Hall–Kier alpha value is -2.84. The van der Waals surface area contributed by atoms with Gasteiger partial charge in [-0.2, -0.15) is 3.71 Å². The molecule has 3 aromatic rings. The molecule has 0 aromatic heterocycles. The maximum absolute atomic E-state index is 13.5. The fourth-order valence-corrected chi connectivity index (χ4v) is 6.72. The van der Waals surface area contributed by atoms with Crippen molar-refractivity contribution in [3.63, 3.8) is 0 Å². The van der Waals surface area contributed by atoms with Crippen LogP contribution in [0.25, 0.3) is 0 Å². The van der Waals surface area contributed by atoms with Crippen molar-refractivity contribution < 1.29 is 21.9 Å². The lowest BCUT2D eigenvalue weighted by Crippen LogP contribution is -2.37. The first-order valence-electron chi connectivity index (χ1n) is 9.18. The molecule has 0 saturated carbocycles. The highest BCUT2D eigenvalue weighted by Crippen LogP contribution is 2.35. The third kappa shape index (κ3) is 3.93. The first kappa shape index (κ1) is 21.9. The second kappa shape index (κ2) is 7.77. The van der Waals surface area contributed by atoms with Crippen LogP contribution < -0.4 is 3.71 Å². The molecule has 0 bridgehead atoms. The molecule has 30 heavy (non-hydrogen) atoms. The van der Waals surface area contributed by atoms with Crippen molar-refractivity contribution in [1.82, 2.24) is 0 Å². The van der Waals surface area contributed by atoms with Gasteiger partial charge in [-0.15, -0.1) is 0 Å². The molecule has 0 amide bonds. The molecule has 0 heterocycles. The molecule has 0 aliphatic rings. The fourth-order valence-electron chi connectivity index (χ4n) is 3.06. The summed E-state index contributed by atoms with van der Waals surface area (Å²) in [6.07, 6.45) is 0. The van der Waals surface area contributed by atoms with E-state index < -0.39 is 20.0 Å². The summed E-state index contributed by atoms with van der Waals surface area (Å²) in [5.74, 6) is -0.0147.